The van der Waals surface area contributed by atoms with E-state index in [4.69, 9.17) is 21.4 Å². The van der Waals surface area contributed by atoms with E-state index >= 15 is 0 Å². The molecule has 0 aliphatic heterocycles. The normalized spacial score (nSPS) is 11.3. The first-order valence-electron chi connectivity index (χ1n) is 4.67. The number of hydrogen-bond acceptors (Lipinski definition) is 6. The van der Waals surface area contributed by atoms with Gasteiger partial charge in [-0.2, -0.15) is 0 Å². The van der Waals surface area contributed by atoms with E-state index in [2.05, 4.69) is 5.73 Å². The topological polar surface area (TPSA) is 135 Å². The van der Waals surface area contributed by atoms with Gasteiger partial charge in [-0.3, -0.25) is 0 Å². The van der Waals surface area contributed by atoms with E-state index in [0.29, 0.717) is 6.54 Å². The van der Waals surface area contributed by atoms with Crippen LogP contribution in [0.25, 0.3) is 0 Å². The van der Waals surface area contributed by atoms with Crippen LogP contribution >= 0.6 is 0 Å². The van der Waals surface area contributed by atoms with Crippen LogP contribution in [0.2, 0.25) is 0 Å². The second-order valence-electron chi connectivity index (χ2n) is 2.93. The molecule has 0 amide bonds. The Morgan fingerprint density at radius 1 is 1.27 bits per heavy atom. The third kappa shape index (κ3) is 16.5. The van der Waals surface area contributed by atoms with Gasteiger partial charge in [-0.25, -0.2) is 0 Å². The Morgan fingerprint density at radius 2 is 1.73 bits per heavy atom. The van der Waals surface area contributed by atoms with Gasteiger partial charge < -0.3 is 15.6 Å². The number of hydrogen-bond donors (Lipinski definition) is 3. The summed E-state index contributed by atoms with van der Waals surface area (Å²) in [6, 6.07) is -0.259. The Kier molecular flexibility index (Phi) is 13.6. The van der Waals surface area contributed by atoms with Crippen LogP contribution in [0.4, 0.5) is 0 Å². The van der Waals surface area contributed by atoms with Crippen LogP contribution in [0.15, 0.2) is 0 Å². The summed E-state index contributed by atoms with van der Waals surface area (Å²) in [7, 11) is 0. The van der Waals surface area contributed by atoms with Gasteiger partial charge in [-0.05, 0) is 0 Å². The van der Waals surface area contributed by atoms with Crippen molar-refractivity contribution in [3.63, 3.8) is 0 Å². The molecular formula is C8H17MgN3O3. The molecule has 0 bridgehead atoms. The number of carboxylic acids is 1. The van der Waals surface area contributed by atoms with Gasteiger partial charge in [-0.1, -0.05) is 0 Å². The maximum absolute atomic E-state index is 10.6. The Hall–Kier alpha value is -0.214. The zero-order valence-corrected chi connectivity index (χ0v) is 10.2. The molecule has 15 heavy (non-hydrogen) atoms. The van der Waals surface area contributed by atoms with E-state index in [9.17, 15) is 4.79 Å². The van der Waals surface area contributed by atoms with Crippen LogP contribution in [0.1, 0.15) is 19.3 Å². The molecule has 0 aliphatic rings. The van der Waals surface area contributed by atoms with Crippen LogP contribution < -0.4 is 22.3 Å². The summed E-state index contributed by atoms with van der Waals surface area (Å²) in [4.78, 5) is 19.7. The molecule has 1 unspecified atom stereocenters. The van der Waals surface area contributed by atoms with Gasteiger partial charge in [0, 0.05) is 6.54 Å². The fraction of sp³-hybridized carbons (Fsp3) is 0.750. The maximum atomic E-state index is 10.6. The molecule has 0 fully saturated rings. The van der Waals surface area contributed by atoms with Gasteiger partial charge in [0.05, 0.1) is 5.97 Å². The summed E-state index contributed by atoms with van der Waals surface area (Å²) in [5.74, 6) is -1.22. The molecule has 6 N–H and O–H groups in total. The molecule has 0 rings (SSSR count). The Labute approximate surface area is 102 Å². The average Bonchev–Trinajstić information content (AvgIpc) is 2.18. The minimum atomic E-state index is -1.22. The van der Waals surface area contributed by atoms with Crippen molar-refractivity contribution < 1.29 is 14.7 Å². The van der Waals surface area contributed by atoms with Gasteiger partial charge in [0.25, 0.3) is 0 Å². The van der Waals surface area contributed by atoms with E-state index < -0.39 is 5.97 Å². The standard InChI is InChI=1S/C6H13N2O.C2H5NO2.Mg/c7-4-2-1-3-6(8)5-9;3-1-2(4)5;/h6H,1-4,7-8H2;1,3H2,(H,4,5);/q;;+1/p-1. The van der Waals surface area contributed by atoms with Crippen LogP contribution in [-0.4, -0.2) is 50.7 Å². The molecule has 0 spiro atoms. The SMILES string of the molecule is NCC(=O)[O-].NCCCCC(N)[C](=O)[Mg+]. The molecule has 0 aromatic rings. The molecule has 0 saturated heterocycles. The second kappa shape index (κ2) is 11.9. The minimum absolute atomic E-state index is 0.0945. The predicted molar refractivity (Wildman–Crippen MR) is 55.7 cm³/mol. The molecule has 0 saturated carbocycles. The fourth-order valence-corrected chi connectivity index (χ4v) is 0.874. The fourth-order valence-electron chi connectivity index (χ4n) is 0.670. The van der Waals surface area contributed by atoms with Crippen LogP contribution in [-0.2, 0) is 9.59 Å². The third-order valence-electron chi connectivity index (χ3n) is 1.55. The van der Waals surface area contributed by atoms with E-state index in [1.807, 2.05) is 0 Å². The quantitative estimate of drug-likeness (QED) is 0.324. The number of carboxylic acid groups (broad SMARTS) is 1. The Balaban J connectivity index is 0. The molecular weight excluding hydrogens is 210 g/mol. The van der Waals surface area contributed by atoms with Crippen molar-refractivity contribution in [1.29, 1.82) is 0 Å². The molecule has 0 heterocycles. The first kappa shape index (κ1) is 17.2. The monoisotopic (exact) mass is 227 g/mol. The molecule has 84 valence electrons. The summed E-state index contributed by atoms with van der Waals surface area (Å²) in [6.45, 7) is 0.299. The number of carbonyl (C=O) groups excluding carboxylic acids is 2. The molecule has 0 aromatic carbocycles. The molecule has 6 nitrogen and oxygen atoms in total. The summed E-state index contributed by atoms with van der Waals surface area (Å²) < 4.78 is 0.0945. The first-order chi connectivity index (χ1) is 6.95. The van der Waals surface area contributed by atoms with Crippen molar-refractivity contribution in [1.82, 2.24) is 0 Å². The number of unbranched alkanes of at least 4 members (excludes halogenated alkanes) is 1. The number of carbonyl (C=O) groups is 2. The third-order valence-corrected chi connectivity index (χ3v) is 2.07. The van der Waals surface area contributed by atoms with Gasteiger partial charge in [0.1, 0.15) is 0 Å². The molecule has 0 radical (unpaired) electrons. The van der Waals surface area contributed by atoms with Crippen molar-refractivity contribution in [2.45, 2.75) is 25.3 Å². The van der Waals surface area contributed by atoms with E-state index in [0.717, 1.165) is 19.3 Å². The van der Waals surface area contributed by atoms with Crippen molar-refractivity contribution in [2.75, 3.05) is 13.1 Å². The Bertz CT molecular complexity index is 190. The van der Waals surface area contributed by atoms with Crippen molar-refractivity contribution in [2.24, 2.45) is 17.2 Å². The summed E-state index contributed by atoms with van der Waals surface area (Å²) in [6.07, 6.45) is 2.70. The number of nitrogens with two attached hydrogens (primary N) is 3. The summed E-state index contributed by atoms with van der Waals surface area (Å²) in [5, 5.41) is 9.13. The van der Waals surface area contributed by atoms with E-state index in [-0.39, 0.29) is 16.5 Å². The second-order valence-corrected chi connectivity index (χ2v) is 3.63. The molecule has 0 aromatic heterocycles. The Morgan fingerprint density at radius 3 is 2.00 bits per heavy atom. The van der Waals surface area contributed by atoms with E-state index in [1.165, 1.54) is 21.7 Å². The first-order valence-corrected chi connectivity index (χ1v) is 5.37. The van der Waals surface area contributed by atoms with Crippen molar-refractivity contribution in [3.8, 4) is 0 Å². The van der Waals surface area contributed by atoms with E-state index in [1.54, 1.807) is 0 Å². The van der Waals surface area contributed by atoms with Crippen molar-refractivity contribution >= 4 is 31.6 Å². The van der Waals surface area contributed by atoms with Gasteiger partial charge in [0.15, 0.2) is 0 Å². The van der Waals surface area contributed by atoms with Gasteiger partial charge in [-0.15, -0.1) is 0 Å². The molecule has 7 heteroatoms. The molecule has 1 atom stereocenters. The van der Waals surface area contributed by atoms with Gasteiger partial charge in [0.2, 0.25) is 0 Å². The van der Waals surface area contributed by atoms with Crippen LogP contribution in [0, 0.1) is 0 Å². The average molecular weight is 228 g/mol. The van der Waals surface area contributed by atoms with Crippen LogP contribution in [0.5, 0.6) is 0 Å². The molecule has 0 aliphatic carbocycles. The van der Waals surface area contributed by atoms with Gasteiger partial charge >= 0.3 is 73.7 Å². The number of rotatable bonds is 6. The van der Waals surface area contributed by atoms with Crippen molar-refractivity contribution in [3.05, 3.63) is 0 Å². The zero-order valence-electron chi connectivity index (χ0n) is 8.78. The predicted octanol–water partition coefficient (Wildman–Crippen LogP) is -3.17. The summed E-state index contributed by atoms with van der Waals surface area (Å²) >= 11 is 1.33. The number of aliphatic carboxylic acids is 1. The van der Waals surface area contributed by atoms with Crippen LogP contribution in [0.3, 0.4) is 0 Å². The zero-order chi connectivity index (χ0) is 12.3. The summed E-state index contributed by atoms with van der Waals surface area (Å²) in [5.41, 5.74) is 15.2.